The minimum absolute atomic E-state index is 0.0175. The van der Waals surface area contributed by atoms with Crippen molar-refractivity contribution < 1.29 is 37.4 Å². The monoisotopic (exact) mass is 495 g/mol. The molecule has 0 saturated carbocycles. The number of carboxylic acids is 1. The second-order valence-electron chi connectivity index (χ2n) is 9.20. The van der Waals surface area contributed by atoms with Crippen molar-refractivity contribution in [2.75, 3.05) is 50.7 Å². The maximum Gasteiger partial charge on any atom is 0.416 e. The number of carbonyl (C=O) groups excluding carboxylic acids is 2. The standard InChI is InChI=1S/C24H28F3N3O5/c1-16-20(23(35-22(16)34)6-9-28(10-7-23)8-5-19(31)32)21(33)30-13-11-29(12-14-30)18-4-2-3-17(15-18)24(25,26)27/h2-4,15H,5-14H2,1H3,(H,31,32). The topological polar surface area (TPSA) is 90.4 Å². The lowest BCUT2D eigenvalue weighted by Gasteiger charge is -2.41. The highest BCUT2D eigenvalue weighted by Gasteiger charge is 2.51. The van der Waals surface area contributed by atoms with Gasteiger partial charge in [0.05, 0.1) is 17.6 Å². The molecule has 1 aromatic rings. The molecule has 0 bridgehead atoms. The molecule has 2 saturated heterocycles. The first-order chi connectivity index (χ1) is 16.5. The Morgan fingerprint density at radius 3 is 2.34 bits per heavy atom. The zero-order valence-corrected chi connectivity index (χ0v) is 19.4. The normalized spacial score (nSPS) is 21.0. The van der Waals surface area contributed by atoms with Crippen LogP contribution in [-0.2, 0) is 25.3 Å². The van der Waals surface area contributed by atoms with Crippen LogP contribution in [0, 0.1) is 0 Å². The van der Waals surface area contributed by atoms with Gasteiger partial charge in [-0.1, -0.05) is 6.07 Å². The van der Waals surface area contributed by atoms with Crippen LogP contribution in [0.4, 0.5) is 18.9 Å². The second-order valence-corrected chi connectivity index (χ2v) is 9.20. The molecular formula is C24H28F3N3O5. The number of nitrogens with zero attached hydrogens (tertiary/aromatic N) is 3. The van der Waals surface area contributed by atoms with Gasteiger partial charge in [-0.05, 0) is 25.1 Å². The number of benzene rings is 1. The maximum absolute atomic E-state index is 13.5. The maximum atomic E-state index is 13.5. The van der Waals surface area contributed by atoms with E-state index < -0.39 is 29.3 Å². The third-order valence-corrected chi connectivity index (χ3v) is 7.05. The van der Waals surface area contributed by atoms with Crippen LogP contribution in [0.5, 0.6) is 0 Å². The number of halogens is 3. The number of ether oxygens (including phenoxy) is 1. The molecule has 0 radical (unpaired) electrons. The first kappa shape index (κ1) is 25.0. The lowest BCUT2D eigenvalue weighted by Crippen LogP contribution is -2.53. The van der Waals surface area contributed by atoms with E-state index in [-0.39, 0.29) is 17.9 Å². The number of carbonyl (C=O) groups is 3. The van der Waals surface area contributed by atoms with Gasteiger partial charge in [0.2, 0.25) is 0 Å². The number of amides is 1. The Labute approximate surface area is 200 Å². The van der Waals surface area contributed by atoms with Crippen molar-refractivity contribution in [2.24, 2.45) is 0 Å². The van der Waals surface area contributed by atoms with Crippen molar-refractivity contribution in [3.8, 4) is 0 Å². The molecule has 8 nitrogen and oxygen atoms in total. The number of esters is 1. The Hall–Kier alpha value is -3.08. The van der Waals surface area contributed by atoms with Gasteiger partial charge in [0.15, 0.2) is 0 Å². The van der Waals surface area contributed by atoms with Gasteiger partial charge in [-0.2, -0.15) is 13.2 Å². The first-order valence-electron chi connectivity index (χ1n) is 11.6. The number of piperidine rings is 1. The lowest BCUT2D eigenvalue weighted by atomic mass is 9.82. The number of hydrogen-bond acceptors (Lipinski definition) is 6. The highest BCUT2D eigenvalue weighted by Crippen LogP contribution is 2.42. The highest BCUT2D eigenvalue weighted by atomic mass is 19.4. The van der Waals surface area contributed by atoms with Gasteiger partial charge < -0.3 is 24.5 Å². The SMILES string of the molecule is CC1=C(C(=O)N2CCN(c3cccc(C(F)(F)F)c3)CC2)C2(CCN(CCC(=O)O)CC2)OC1=O. The number of rotatable bonds is 5. The molecule has 35 heavy (non-hydrogen) atoms. The van der Waals surface area contributed by atoms with E-state index in [0.717, 1.165) is 12.1 Å². The van der Waals surface area contributed by atoms with Gasteiger partial charge in [0.1, 0.15) is 5.60 Å². The molecule has 0 aliphatic carbocycles. The van der Waals surface area contributed by atoms with Crippen molar-refractivity contribution in [2.45, 2.75) is 38.0 Å². The lowest BCUT2D eigenvalue weighted by molar-refractivity contribution is -0.151. The average Bonchev–Trinajstić information content (AvgIpc) is 3.07. The molecule has 190 valence electrons. The van der Waals surface area contributed by atoms with Crippen molar-refractivity contribution in [3.05, 3.63) is 41.0 Å². The Kier molecular flexibility index (Phi) is 6.81. The summed E-state index contributed by atoms with van der Waals surface area (Å²) in [4.78, 5) is 42.3. The van der Waals surface area contributed by atoms with Crippen LogP contribution in [0.1, 0.15) is 31.7 Å². The zero-order chi connectivity index (χ0) is 25.4. The molecule has 11 heteroatoms. The highest BCUT2D eigenvalue weighted by molar-refractivity contribution is 6.07. The van der Waals surface area contributed by atoms with Crippen molar-refractivity contribution in [1.29, 1.82) is 0 Å². The summed E-state index contributed by atoms with van der Waals surface area (Å²) >= 11 is 0. The predicted molar refractivity (Wildman–Crippen MR) is 120 cm³/mol. The minimum atomic E-state index is -4.43. The molecule has 3 aliphatic heterocycles. The summed E-state index contributed by atoms with van der Waals surface area (Å²) in [6.45, 7) is 4.33. The minimum Gasteiger partial charge on any atom is -0.481 e. The van der Waals surface area contributed by atoms with Gasteiger partial charge in [0.25, 0.3) is 5.91 Å². The molecule has 1 aromatic carbocycles. The Morgan fingerprint density at radius 2 is 1.74 bits per heavy atom. The molecular weight excluding hydrogens is 467 g/mol. The number of anilines is 1. The summed E-state index contributed by atoms with van der Waals surface area (Å²) in [6.07, 6.45) is -3.60. The molecule has 0 atom stereocenters. The Bertz CT molecular complexity index is 1040. The fourth-order valence-electron chi connectivity index (χ4n) is 5.05. The first-order valence-corrected chi connectivity index (χ1v) is 11.6. The fraction of sp³-hybridized carbons (Fsp3) is 0.542. The van der Waals surface area contributed by atoms with E-state index in [9.17, 15) is 27.6 Å². The van der Waals surface area contributed by atoms with Gasteiger partial charge in [-0.15, -0.1) is 0 Å². The summed E-state index contributed by atoms with van der Waals surface area (Å²) in [7, 11) is 0. The van der Waals surface area contributed by atoms with Crippen molar-refractivity contribution >= 4 is 23.5 Å². The molecule has 1 N–H and O–H groups in total. The largest absolute Gasteiger partial charge is 0.481 e. The van der Waals surface area contributed by atoms with E-state index in [1.165, 1.54) is 6.07 Å². The quantitative estimate of drug-likeness (QED) is 0.628. The van der Waals surface area contributed by atoms with E-state index in [1.54, 1.807) is 17.9 Å². The van der Waals surface area contributed by atoms with Crippen LogP contribution in [0.25, 0.3) is 0 Å². The molecule has 1 amide bonds. The van der Waals surface area contributed by atoms with Crippen molar-refractivity contribution in [3.63, 3.8) is 0 Å². The summed E-state index contributed by atoms with van der Waals surface area (Å²) in [5.74, 6) is -1.68. The molecule has 0 aromatic heterocycles. The second kappa shape index (κ2) is 9.52. The van der Waals surface area contributed by atoms with Crippen molar-refractivity contribution in [1.82, 2.24) is 9.80 Å². The van der Waals surface area contributed by atoms with Crippen LogP contribution >= 0.6 is 0 Å². The fourth-order valence-corrected chi connectivity index (χ4v) is 5.05. The van der Waals surface area contributed by atoms with Crippen LogP contribution in [0.15, 0.2) is 35.4 Å². The van der Waals surface area contributed by atoms with Crippen LogP contribution in [0.3, 0.4) is 0 Å². The molecule has 2 fully saturated rings. The third kappa shape index (κ3) is 5.14. The Morgan fingerprint density at radius 1 is 1.09 bits per heavy atom. The van der Waals surface area contributed by atoms with Crippen LogP contribution in [-0.4, -0.2) is 84.2 Å². The van der Waals surface area contributed by atoms with Crippen LogP contribution < -0.4 is 4.90 Å². The van der Waals surface area contributed by atoms with Crippen LogP contribution in [0.2, 0.25) is 0 Å². The third-order valence-electron chi connectivity index (χ3n) is 7.05. The summed E-state index contributed by atoms with van der Waals surface area (Å²) < 4.78 is 44.9. The number of aliphatic carboxylic acids is 1. The molecule has 3 aliphatic rings. The van der Waals surface area contributed by atoms with Gasteiger partial charge >= 0.3 is 18.1 Å². The zero-order valence-electron chi connectivity index (χ0n) is 19.4. The number of hydrogen-bond donors (Lipinski definition) is 1. The summed E-state index contributed by atoms with van der Waals surface area (Å²) in [6, 6.07) is 5.14. The summed E-state index contributed by atoms with van der Waals surface area (Å²) in [5, 5.41) is 8.91. The number of piperazine rings is 1. The molecule has 1 spiro atoms. The van der Waals surface area contributed by atoms with E-state index in [1.807, 2.05) is 9.80 Å². The van der Waals surface area contributed by atoms with Gasteiger partial charge in [-0.3, -0.25) is 9.59 Å². The predicted octanol–water partition coefficient (Wildman–Crippen LogP) is 2.54. The molecule has 4 rings (SSSR count). The Balaban J connectivity index is 1.43. The number of likely N-dealkylation sites (tertiary alicyclic amines) is 1. The smallest absolute Gasteiger partial charge is 0.416 e. The van der Waals surface area contributed by atoms with E-state index in [4.69, 9.17) is 9.84 Å². The summed E-state index contributed by atoms with van der Waals surface area (Å²) in [5.41, 5.74) is -0.641. The van der Waals surface area contributed by atoms with Gasteiger partial charge in [-0.25, -0.2) is 4.79 Å². The van der Waals surface area contributed by atoms with E-state index >= 15 is 0 Å². The van der Waals surface area contributed by atoms with E-state index in [0.29, 0.717) is 69.9 Å². The molecule has 3 heterocycles. The number of carboxylic acid groups (broad SMARTS) is 1. The number of alkyl halides is 3. The van der Waals surface area contributed by atoms with Gasteiger partial charge in [0, 0.05) is 69.9 Å². The molecule has 0 unspecified atom stereocenters. The van der Waals surface area contributed by atoms with E-state index in [2.05, 4.69) is 0 Å². The average molecular weight is 495 g/mol.